The summed E-state index contributed by atoms with van der Waals surface area (Å²) >= 11 is 0. The zero-order valence-corrected chi connectivity index (χ0v) is 11.9. The van der Waals surface area contributed by atoms with Crippen molar-refractivity contribution in [1.82, 2.24) is 0 Å². The van der Waals surface area contributed by atoms with Crippen molar-refractivity contribution in [1.29, 1.82) is 0 Å². The first-order chi connectivity index (χ1) is 10.1. The van der Waals surface area contributed by atoms with E-state index >= 15 is 0 Å². The van der Waals surface area contributed by atoms with Crippen LogP contribution in [0.15, 0.2) is 42.5 Å². The van der Waals surface area contributed by atoms with Crippen LogP contribution in [0.3, 0.4) is 0 Å². The number of carbonyl (C=O) groups is 1. The van der Waals surface area contributed by atoms with Crippen molar-refractivity contribution in [2.45, 2.75) is 25.7 Å². The van der Waals surface area contributed by atoms with Crippen molar-refractivity contribution < 1.29 is 13.9 Å². The van der Waals surface area contributed by atoms with Crippen molar-refractivity contribution in [3.8, 4) is 5.75 Å². The average molecular weight is 284 g/mol. The number of aryl methyl sites for hydroxylation is 1. The molecule has 0 N–H and O–H groups in total. The van der Waals surface area contributed by atoms with E-state index in [1.165, 1.54) is 6.07 Å². The monoisotopic (exact) mass is 284 g/mol. The first-order valence-electron chi connectivity index (χ1n) is 7.16. The van der Waals surface area contributed by atoms with E-state index in [2.05, 4.69) is 0 Å². The van der Waals surface area contributed by atoms with E-state index in [4.69, 9.17) is 4.74 Å². The first kappa shape index (κ1) is 13.8. The van der Waals surface area contributed by atoms with Crippen molar-refractivity contribution >= 4 is 5.78 Å². The fraction of sp³-hybridized carbons (Fsp3) is 0.278. The van der Waals surface area contributed by atoms with Gasteiger partial charge >= 0.3 is 0 Å². The molecule has 1 aliphatic rings. The Bertz CT molecular complexity index is 679. The number of rotatable bonds is 3. The average Bonchev–Trinajstić information content (AvgIpc) is 2.47. The molecule has 108 valence electrons. The number of ketones is 1. The van der Waals surface area contributed by atoms with Crippen molar-refractivity contribution in [3.63, 3.8) is 0 Å². The van der Waals surface area contributed by atoms with Gasteiger partial charge in [-0.3, -0.25) is 4.79 Å². The van der Waals surface area contributed by atoms with Gasteiger partial charge in [0.25, 0.3) is 0 Å². The fourth-order valence-corrected chi connectivity index (χ4v) is 2.81. The lowest BCUT2D eigenvalue weighted by Gasteiger charge is -2.25. The van der Waals surface area contributed by atoms with Gasteiger partial charge in [-0.2, -0.15) is 0 Å². The normalized spacial score (nSPS) is 17.0. The highest BCUT2D eigenvalue weighted by Gasteiger charge is 2.24. The highest BCUT2D eigenvalue weighted by atomic mass is 19.1. The summed E-state index contributed by atoms with van der Waals surface area (Å²) in [7, 11) is 0. The topological polar surface area (TPSA) is 26.3 Å². The van der Waals surface area contributed by atoms with Crippen LogP contribution >= 0.6 is 0 Å². The molecule has 3 rings (SSSR count). The Hall–Kier alpha value is -2.16. The number of para-hydroxylation sites is 1. The van der Waals surface area contributed by atoms with Crippen molar-refractivity contribution in [2.24, 2.45) is 0 Å². The van der Waals surface area contributed by atoms with Crippen LogP contribution in [-0.4, -0.2) is 12.4 Å². The molecule has 0 saturated heterocycles. The molecule has 2 aromatic carbocycles. The molecule has 1 unspecified atom stereocenters. The predicted octanol–water partition coefficient (Wildman–Crippen LogP) is 4.27. The predicted molar refractivity (Wildman–Crippen MR) is 79.4 cm³/mol. The second-order valence-corrected chi connectivity index (χ2v) is 5.48. The zero-order valence-electron chi connectivity index (χ0n) is 11.9. The number of ether oxygens (including phenoxy) is 1. The zero-order chi connectivity index (χ0) is 14.8. The number of carbonyl (C=O) groups excluding carboxylic acids is 1. The lowest BCUT2D eigenvalue weighted by Crippen LogP contribution is -2.17. The summed E-state index contributed by atoms with van der Waals surface area (Å²) in [5.41, 5.74) is 2.05. The number of fused-ring (bicyclic) bond motifs is 1. The first-order valence-corrected chi connectivity index (χ1v) is 7.16. The summed E-state index contributed by atoms with van der Waals surface area (Å²) in [5, 5.41) is 0. The smallest absolute Gasteiger partial charge is 0.166 e. The summed E-state index contributed by atoms with van der Waals surface area (Å²) in [6.07, 6.45) is 1.11. The highest BCUT2D eigenvalue weighted by Crippen LogP contribution is 2.36. The number of benzene rings is 2. The van der Waals surface area contributed by atoms with E-state index < -0.39 is 5.82 Å². The molecular formula is C18H17FO2. The lowest BCUT2D eigenvalue weighted by molar-refractivity contribution is 0.0962. The molecule has 0 fully saturated rings. The molecule has 0 radical (unpaired) electrons. The number of halogens is 1. The van der Waals surface area contributed by atoms with Gasteiger partial charge in [-0.25, -0.2) is 4.39 Å². The largest absolute Gasteiger partial charge is 0.493 e. The summed E-state index contributed by atoms with van der Waals surface area (Å²) in [6, 6.07) is 12.5. The maximum Gasteiger partial charge on any atom is 0.166 e. The second-order valence-electron chi connectivity index (χ2n) is 5.48. The van der Waals surface area contributed by atoms with Gasteiger partial charge in [0.2, 0.25) is 0 Å². The SMILES string of the molecule is Cc1ccc(C(=O)CC2CCOc3ccccc32)c(F)c1. The van der Waals surface area contributed by atoms with Crippen LogP contribution < -0.4 is 4.74 Å². The standard InChI is InChI=1S/C18H17FO2/c1-12-6-7-15(16(19)10-12)17(20)11-13-8-9-21-18-5-3-2-4-14(13)18/h2-7,10,13H,8-9,11H2,1H3. The number of hydrogen-bond acceptors (Lipinski definition) is 2. The number of hydrogen-bond donors (Lipinski definition) is 0. The summed E-state index contributed by atoms with van der Waals surface area (Å²) < 4.78 is 19.5. The van der Waals surface area contributed by atoms with Gasteiger partial charge in [-0.1, -0.05) is 24.3 Å². The molecule has 0 aromatic heterocycles. The molecule has 0 bridgehead atoms. The van der Waals surface area contributed by atoms with Crippen LogP contribution in [0.4, 0.5) is 4.39 Å². The van der Waals surface area contributed by atoms with Crippen molar-refractivity contribution in [2.75, 3.05) is 6.61 Å². The molecule has 21 heavy (non-hydrogen) atoms. The van der Waals surface area contributed by atoms with Crippen LogP contribution in [-0.2, 0) is 0 Å². The summed E-state index contributed by atoms with van der Waals surface area (Å²) in [6.45, 7) is 2.41. The van der Waals surface area contributed by atoms with Gasteiger partial charge < -0.3 is 4.74 Å². The van der Waals surface area contributed by atoms with E-state index in [9.17, 15) is 9.18 Å². The molecule has 1 aliphatic heterocycles. The maximum absolute atomic E-state index is 13.9. The molecule has 0 saturated carbocycles. The Morgan fingerprint density at radius 2 is 2.10 bits per heavy atom. The second kappa shape index (κ2) is 5.68. The molecule has 0 amide bonds. The molecule has 1 heterocycles. The highest BCUT2D eigenvalue weighted by molar-refractivity contribution is 5.97. The summed E-state index contributed by atoms with van der Waals surface area (Å²) in [4.78, 5) is 12.4. The third-order valence-corrected chi connectivity index (χ3v) is 3.94. The lowest BCUT2D eigenvalue weighted by atomic mass is 9.87. The Labute approximate surface area is 123 Å². The quantitative estimate of drug-likeness (QED) is 0.787. The van der Waals surface area contributed by atoms with Crippen LogP contribution in [0, 0.1) is 12.7 Å². The minimum Gasteiger partial charge on any atom is -0.493 e. The number of Topliss-reactive ketones (excluding diaryl/α,β-unsaturated/α-hetero) is 1. The van der Waals surface area contributed by atoms with Gasteiger partial charge in [0.1, 0.15) is 11.6 Å². The van der Waals surface area contributed by atoms with Gasteiger partial charge in [-0.05, 0) is 48.6 Å². The van der Waals surface area contributed by atoms with Gasteiger partial charge in [0, 0.05) is 6.42 Å². The maximum atomic E-state index is 13.9. The Kier molecular flexibility index (Phi) is 3.74. The Balaban J connectivity index is 1.83. The minimum absolute atomic E-state index is 0.100. The fourth-order valence-electron chi connectivity index (χ4n) is 2.81. The molecule has 0 spiro atoms. The Morgan fingerprint density at radius 3 is 2.90 bits per heavy atom. The molecular weight excluding hydrogens is 267 g/mol. The minimum atomic E-state index is -0.430. The molecule has 2 aromatic rings. The molecule has 3 heteroatoms. The van der Waals surface area contributed by atoms with E-state index in [-0.39, 0.29) is 17.3 Å². The van der Waals surface area contributed by atoms with E-state index in [1.807, 2.05) is 31.2 Å². The van der Waals surface area contributed by atoms with Crippen LogP contribution in [0.5, 0.6) is 5.75 Å². The van der Waals surface area contributed by atoms with E-state index in [0.29, 0.717) is 13.0 Å². The third kappa shape index (κ3) is 2.82. The Morgan fingerprint density at radius 1 is 1.29 bits per heavy atom. The van der Waals surface area contributed by atoms with Gasteiger partial charge in [-0.15, -0.1) is 0 Å². The van der Waals surface area contributed by atoms with Crippen LogP contribution in [0.1, 0.15) is 40.2 Å². The van der Waals surface area contributed by atoms with E-state index in [0.717, 1.165) is 23.3 Å². The third-order valence-electron chi connectivity index (χ3n) is 3.94. The van der Waals surface area contributed by atoms with Crippen LogP contribution in [0.25, 0.3) is 0 Å². The summed E-state index contributed by atoms with van der Waals surface area (Å²) in [5.74, 6) is 0.364. The molecule has 2 nitrogen and oxygen atoms in total. The van der Waals surface area contributed by atoms with Crippen LogP contribution in [0.2, 0.25) is 0 Å². The molecule has 0 aliphatic carbocycles. The van der Waals surface area contributed by atoms with Gasteiger partial charge in [0.05, 0.1) is 12.2 Å². The van der Waals surface area contributed by atoms with Crippen molar-refractivity contribution in [3.05, 3.63) is 65.0 Å². The molecule has 1 atom stereocenters. The van der Waals surface area contributed by atoms with Gasteiger partial charge in [0.15, 0.2) is 5.78 Å². The van der Waals surface area contributed by atoms with E-state index in [1.54, 1.807) is 12.1 Å².